The summed E-state index contributed by atoms with van der Waals surface area (Å²) in [6.07, 6.45) is 7.07. The van der Waals surface area contributed by atoms with Crippen LogP contribution in [0.1, 0.15) is 43.5 Å². The van der Waals surface area contributed by atoms with Gasteiger partial charge in [-0.2, -0.15) is 5.10 Å². The molecule has 2 nitrogen and oxygen atoms in total. The van der Waals surface area contributed by atoms with Gasteiger partial charge in [-0.15, -0.1) is 0 Å². The second-order valence-corrected chi connectivity index (χ2v) is 5.75. The van der Waals surface area contributed by atoms with Crippen molar-refractivity contribution in [2.24, 2.45) is 5.92 Å². The van der Waals surface area contributed by atoms with E-state index < -0.39 is 0 Å². The minimum absolute atomic E-state index is 0.868. The Balaban J connectivity index is 2.06. The van der Waals surface area contributed by atoms with Crippen LogP contribution in [-0.4, -0.2) is 9.78 Å². The van der Waals surface area contributed by atoms with E-state index in [0.29, 0.717) is 0 Å². The molecular weight excluding hydrogens is 299 g/mol. The number of aryl methyl sites for hydroxylation is 1. The van der Waals surface area contributed by atoms with E-state index in [-0.39, 0.29) is 0 Å². The van der Waals surface area contributed by atoms with Crippen LogP contribution in [0, 0.1) is 23.3 Å². The smallest absolute Gasteiger partial charge is 0.0729 e. The zero-order chi connectivity index (χ0) is 10.8. The summed E-state index contributed by atoms with van der Waals surface area (Å²) in [6.45, 7) is 5.42. The van der Waals surface area contributed by atoms with Gasteiger partial charge in [0.2, 0.25) is 0 Å². The standard InChI is InChI=1S/C12H19IN2/c1-9-12(13)10(2)15(14-9)8-11-6-4-3-5-7-11/h11H,3-8H2,1-2H3. The number of halogens is 1. The summed E-state index contributed by atoms with van der Waals surface area (Å²) in [5.74, 6) is 0.868. The first-order valence-electron chi connectivity index (χ1n) is 5.88. The lowest BCUT2D eigenvalue weighted by atomic mass is 9.89. The van der Waals surface area contributed by atoms with Gasteiger partial charge in [-0.1, -0.05) is 19.3 Å². The second kappa shape index (κ2) is 4.85. The van der Waals surface area contributed by atoms with Gasteiger partial charge in [-0.05, 0) is 55.2 Å². The number of aromatic nitrogens is 2. The SMILES string of the molecule is Cc1nn(CC2CCCCC2)c(C)c1I. The maximum atomic E-state index is 4.61. The summed E-state index contributed by atoms with van der Waals surface area (Å²) in [4.78, 5) is 0. The minimum atomic E-state index is 0.868. The van der Waals surface area contributed by atoms with Gasteiger partial charge in [-0.25, -0.2) is 0 Å². The fraction of sp³-hybridized carbons (Fsp3) is 0.750. The highest BCUT2D eigenvalue weighted by atomic mass is 127. The van der Waals surface area contributed by atoms with Crippen molar-refractivity contribution in [1.29, 1.82) is 0 Å². The zero-order valence-corrected chi connectivity index (χ0v) is 11.7. The van der Waals surface area contributed by atoms with Crippen LogP contribution in [0.3, 0.4) is 0 Å². The average Bonchev–Trinajstić information content (AvgIpc) is 2.48. The molecule has 84 valence electrons. The Labute approximate surface area is 106 Å². The number of hydrogen-bond donors (Lipinski definition) is 0. The van der Waals surface area contributed by atoms with Gasteiger partial charge in [0.25, 0.3) is 0 Å². The van der Waals surface area contributed by atoms with Crippen LogP contribution in [0.5, 0.6) is 0 Å². The van der Waals surface area contributed by atoms with E-state index in [1.54, 1.807) is 0 Å². The predicted molar refractivity (Wildman–Crippen MR) is 71.0 cm³/mol. The molecule has 0 atom stereocenters. The molecule has 1 aliphatic carbocycles. The fourth-order valence-electron chi connectivity index (χ4n) is 2.47. The summed E-state index contributed by atoms with van der Waals surface area (Å²) < 4.78 is 3.55. The lowest BCUT2D eigenvalue weighted by molar-refractivity contribution is 0.305. The highest BCUT2D eigenvalue weighted by Crippen LogP contribution is 2.26. The van der Waals surface area contributed by atoms with Gasteiger partial charge in [-0.3, -0.25) is 4.68 Å². The summed E-state index contributed by atoms with van der Waals surface area (Å²) >= 11 is 2.40. The van der Waals surface area contributed by atoms with Gasteiger partial charge in [0, 0.05) is 12.2 Å². The van der Waals surface area contributed by atoms with Gasteiger partial charge >= 0.3 is 0 Å². The molecule has 1 fully saturated rings. The molecule has 1 saturated carbocycles. The lowest BCUT2D eigenvalue weighted by Crippen LogP contribution is -2.16. The maximum absolute atomic E-state index is 4.61. The van der Waals surface area contributed by atoms with Gasteiger partial charge < -0.3 is 0 Å². The summed E-state index contributed by atoms with van der Waals surface area (Å²) in [7, 11) is 0. The van der Waals surface area contributed by atoms with Crippen LogP contribution in [0.2, 0.25) is 0 Å². The molecule has 3 heteroatoms. The molecular formula is C12H19IN2. The van der Waals surface area contributed by atoms with E-state index in [2.05, 4.69) is 46.2 Å². The normalized spacial score (nSPS) is 18.3. The Bertz CT molecular complexity index is 338. The topological polar surface area (TPSA) is 17.8 Å². The largest absolute Gasteiger partial charge is 0.268 e. The van der Waals surface area contributed by atoms with Crippen molar-refractivity contribution in [3.63, 3.8) is 0 Å². The first-order valence-corrected chi connectivity index (χ1v) is 6.96. The maximum Gasteiger partial charge on any atom is 0.0729 e. The molecule has 0 radical (unpaired) electrons. The molecule has 0 N–H and O–H groups in total. The summed E-state index contributed by atoms with van der Waals surface area (Å²) in [5.41, 5.74) is 2.53. The number of rotatable bonds is 2. The van der Waals surface area contributed by atoms with Crippen LogP contribution in [0.25, 0.3) is 0 Å². The van der Waals surface area contributed by atoms with Crippen LogP contribution in [0.4, 0.5) is 0 Å². The second-order valence-electron chi connectivity index (χ2n) is 4.67. The minimum Gasteiger partial charge on any atom is -0.268 e. The highest BCUT2D eigenvalue weighted by Gasteiger charge is 2.16. The van der Waals surface area contributed by atoms with Gasteiger partial charge in [0.15, 0.2) is 0 Å². The third-order valence-electron chi connectivity index (χ3n) is 3.45. The molecule has 0 unspecified atom stereocenters. The quantitative estimate of drug-likeness (QED) is 0.761. The molecule has 0 aromatic carbocycles. The van der Waals surface area contributed by atoms with E-state index >= 15 is 0 Å². The van der Waals surface area contributed by atoms with Crippen molar-refractivity contribution in [1.82, 2.24) is 9.78 Å². The Morgan fingerprint density at radius 3 is 2.47 bits per heavy atom. The van der Waals surface area contributed by atoms with Crippen molar-refractivity contribution in [3.8, 4) is 0 Å². The third kappa shape index (κ3) is 2.55. The molecule has 0 aliphatic heterocycles. The zero-order valence-electron chi connectivity index (χ0n) is 9.59. The van der Waals surface area contributed by atoms with E-state index in [1.165, 1.54) is 47.1 Å². The number of hydrogen-bond acceptors (Lipinski definition) is 1. The molecule has 0 amide bonds. The highest BCUT2D eigenvalue weighted by molar-refractivity contribution is 14.1. The molecule has 15 heavy (non-hydrogen) atoms. The molecule has 0 bridgehead atoms. The van der Waals surface area contributed by atoms with Crippen LogP contribution < -0.4 is 0 Å². The first kappa shape index (κ1) is 11.4. The Kier molecular flexibility index (Phi) is 3.69. The van der Waals surface area contributed by atoms with Crippen LogP contribution in [-0.2, 0) is 6.54 Å². The van der Waals surface area contributed by atoms with Crippen molar-refractivity contribution < 1.29 is 0 Å². The van der Waals surface area contributed by atoms with E-state index in [4.69, 9.17) is 0 Å². The Morgan fingerprint density at radius 1 is 1.27 bits per heavy atom. The van der Waals surface area contributed by atoms with E-state index in [0.717, 1.165) is 12.5 Å². The monoisotopic (exact) mass is 318 g/mol. The average molecular weight is 318 g/mol. The molecule has 1 aliphatic rings. The molecule has 1 aromatic heterocycles. The first-order chi connectivity index (χ1) is 7.18. The summed E-state index contributed by atoms with van der Waals surface area (Å²) in [6, 6.07) is 0. The fourth-order valence-corrected chi connectivity index (χ4v) is 2.85. The Hall–Kier alpha value is -0.0600. The third-order valence-corrected chi connectivity index (χ3v) is 5.01. The van der Waals surface area contributed by atoms with Crippen molar-refractivity contribution in [2.45, 2.75) is 52.5 Å². The van der Waals surface area contributed by atoms with Crippen LogP contribution >= 0.6 is 22.6 Å². The predicted octanol–water partition coefficient (Wildman–Crippen LogP) is 3.68. The van der Waals surface area contributed by atoms with Crippen molar-refractivity contribution in [3.05, 3.63) is 15.0 Å². The lowest BCUT2D eigenvalue weighted by Gasteiger charge is -2.21. The van der Waals surface area contributed by atoms with E-state index in [9.17, 15) is 0 Å². The van der Waals surface area contributed by atoms with Crippen molar-refractivity contribution in [2.75, 3.05) is 0 Å². The molecule has 0 saturated heterocycles. The van der Waals surface area contributed by atoms with Crippen molar-refractivity contribution >= 4 is 22.6 Å². The van der Waals surface area contributed by atoms with Crippen LogP contribution in [0.15, 0.2) is 0 Å². The summed E-state index contributed by atoms with van der Waals surface area (Å²) in [5, 5.41) is 4.61. The Morgan fingerprint density at radius 2 is 1.93 bits per heavy atom. The van der Waals surface area contributed by atoms with Gasteiger partial charge in [0.05, 0.1) is 9.26 Å². The molecule has 1 heterocycles. The molecule has 1 aromatic rings. The molecule has 0 spiro atoms. The van der Waals surface area contributed by atoms with E-state index in [1.807, 2.05) is 0 Å². The number of nitrogens with zero attached hydrogens (tertiary/aromatic N) is 2. The molecule has 2 rings (SSSR count). The van der Waals surface area contributed by atoms with Gasteiger partial charge in [0.1, 0.15) is 0 Å².